The SMILES string of the molecule is CC(C)(C)NCc1ccc(C(F)(F)F)c(F)c1.NC(=O)c1ccncc1. The Morgan fingerprint density at radius 1 is 1.12 bits per heavy atom. The topological polar surface area (TPSA) is 68.0 Å². The van der Waals surface area contributed by atoms with Gasteiger partial charge in [-0.15, -0.1) is 0 Å². The first-order valence-corrected chi connectivity index (χ1v) is 7.70. The molecule has 0 aliphatic rings. The van der Waals surface area contributed by atoms with Crippen molar-refractivity contribution in [3.8, 4) is 0 Å². The van der Waals surface area contributed by atoms with Crippen molar-refractivity contribution in [1.82, 2.24) is 10.3 Å². The van der Waals surface area contributed by atoms with Crippen LogP contribution in [0.4, 0.5) is 17.6 Å². The quantitative estimate of drug-likeness (QED) is 0.804. The molecule has 1 heterocycles. The molecule has 2 rings (SSSR count). The zero-order valence-corrected chi connectivity index (χ0v) is 14.7. The van der Waals surface area contributed by atoms with E-state index in [0.29, 0.717) is 17.7 Å². The Morgan fingerprint density at radius 2 is 1.69 bits per heavy atom. The van der Waals surface area contributed by atoms with Crippen LogP contribution in [-0.2, 0) is 12.7 Å². The Kier molecular flexibility index (Phi) is 7.26. The van der Waals surface area contributed by atoms with Gasteiger partial charge in [0.15, 0.2) is 0 Å². The van der Waals surface area contributed by atoms with Gasteiger partial charge in [0.1, 0.15) is 5.82 Å². The van der Waals surface area contributed by atoms with E-state index >= 15 is 0 Å². The number of nitrogens with one attached hydrogen (secondary N) is 1. The average molecular weight is 371 g/mol. The minimum absolute atomic E-state index is 0.167. The minimum atomic E-state index is -4.64. The number of rotatable bonds is 3. The molecule has 8 heteroatoms. The third-order valence-corrected chi connectivity index (χ3v) is 3.13. The number of alkyl halides is 3. The highest BCUT2D eigenvalue weighted by Gasteiger charge is 2.33. The molecular weight excluding hydrogens is 350 g/mol. The maximum atomic E-state index is 13.2. The summed E-state index contributed by atoms with van der Waals surface area (Å²) in [7, 11) is 0. The molecule has 0 aliphatic carbocycles. The van der Waals surface area contributed by atoms with Crippen LogP contribution in [0.25, 0.3) is 0 Å². The maximum absolute atomic E-state index is 13.2. The second kappa shape index (κ2) is 8.75. The third kappa shape index (κ3) is 7.60. The number of nitrogens with two attached hydrogens (primary N) is 1. The molecule has 0 spiro atoms. The van der Waals surface area contributed by atoms with E-state index in [9.17, 15) is 22.4 Å². The first-order valence-electron chi connectivity index (χ1n) is 7.70. The lowest BCUT2D eigenvalue weighted by atomic mass is 10.1. The van der Waals surface area contributed by atoms with Gasteiger partial charge in [-0.05, 0) is 50.6 Å². The molecule has 0 saturated carbocycles. The standard InChI is InChI=1S/C12H15F4N.C6H6N2O/c1-11(2,3)17-7-8-4-5-9(10(13)6-8)12(14,15)16;7-6(9)5-1-3-8-4-2-5/h4-6,17H,7H2,1-3H3;1-4H,(H2,7,9). The van der Waals surface area contributed by atoms with E-state index < -0.39 is 23.5 Å². The molecular formula is C18H21F4N3O. The van der Waals surface area contributed by atoms with Gasteiger partial charge in [0, 0.05) is 30.0 Å². The number of halogens is 4. The smallest absolute Gasteiger partial charge is 0.366 e. The summed E-state index contributed by atoms with van der Waals surface area (Å²) in [5, 5.41) is 3.08. The molecule has 4 nitrogen and oxygen atoms in total. The number of hydrogen-bond acceptors (Lipinski definition) is 3. The molecule has 3 N–H and O–H groups in total. The summed E-state index contributed by atoms with van der Waals surface area (Å²) in [6, 6.07) is 6.12. The Balaban J connectivity index is 0.000000314. The molecule has 2 aromatic rings. The Labute approximate surface area is 149 Å². The average Bonchev–Trinajstić information content (AvgIpc) is 2.52. The van der Waals surface area contributed by atoms with E-state index in [2.05, 4.69) is 10.3 Å². The molecule has 0 fully saturated rings. The lowest BCUT2D eigenvalue weighted by Crippen LogP contribution is -2.35. The van der Waals surface area contributed by atoms with Crippen LogP contribution in [0.5, 0.6) is 0 Å². The number of nitrogens with zero attached hydrogens (tertiary/aromatic N) is 1. The van der Waals surface area contributed by atoms with E-state index in [-0.39, 0.29) is 5.54 Å². The molecule has 0 aliphatic heterocycles. The highest BCUT2D eigenvalue weighted by atomic mass is 19.4. The number of benzene rings is 1. The molecule has 142 valence electrons. The molecule has 0 bridgehead atoms. The number of carbonyl (C=O) groups excluding carboxylic acids is 1. The van der Waals surface area contributed by atoms with Crippen LogP contribution in [0.15, 0.2) is 42.7 Å². The van der Waals surface area contributed by atoms with Crippen molar-refractivity contribution in [2.45, 2.75) is 39.0 Å². The van der Waals surface area contributed by atoms with Gasteiger partial charge in [-0.1, -0.05) is 6.07 Å². The van der Waals surface area contributed by atoms with E-state index in [1.165, 1.54) is 18.5 Å². The number of pyridine rings is 1. The number of primary amides is 1. The fraction of sp³-hybridized carbons (Fsp3) is 0.333. The van der Waals surface area contributed by atoms with E-state index in [0.717, 1.165) is 12.1 Å². The molecule has 0 radical (unpaired) electrons. The fourth-order valence-electron chi connectivity index (χ4n) is 1.78. The van der Waals surface area contributed by atoms with Crippen LogP contribution in [-0.4, -0.2) is 16.4 Å². The first-order chi connectivity index (χ1) is 11.9. The highest BCUT2D eigenvalue weighted by Crippen LogP contribution is 2.31. The Morgan fingerprint density at radius 3 is 2.08 bits per heavy atom. The van der Waals surface area contributed by atoms with Gasteiger partial charge in [0.2, 0.25) is 5.91 Å². The second-order valence-electron chi connectivity index (χ2n) is 6.52. The lowest BCUT2D eigenvalue weighted by Gasteiger charge is -2.20. The van der Waals surface area contributed by atoms with Crippen LogP contribution >= 0.6 is 0 Å². The zero-order chi connectivity index (χ0) is 20.0. The summed E-state index contributed by atoms with van der Waals surface area (Å²) in [5.41, 5.74) is 4.54. The number of amides is 1. The molecule has 1 aromatic carbocycles. The van der Waals surface area contributed by atoms with Crippen molar-refractivity contribution >= 4 is 5.91 Å². The first kappa shape index (κ1) is 21.6. The van der Waals surface area contributed by atoms with Gasteiger partial charge in [-0.25, -0.2) is 4.39 Å². The van der Waals surface area contributed by atoms with Crippen molar-refractivity contribution < 1.29 is 22.4 Å². The molecule has 1 amide bonds. The molecule has 0 unspecified atom stereocenters. The van der Waals surface area contributed by atoms with Crippen LogP contribution in [0.3, 0.4) is 0 Å². The molecule has 1 aromatic heterocycles. The molecule has 0 atom stereocenters. The second-order valence-corrected chi connectivity index (χ2v) is 6.52. The van der Waals surface area contributed by atoms with Gasteiger partial charge in [-0.2, -0.15) is 13.2 Å². The van der Waals surface area contributed by atoms with Crippen molar-refractivity contribution in [2.24, 2.45) is 5.73 Å². The summed E-state index contributed by atoms with van der Waals surface area (Å²) in [5.74, 6) is -1.65. The van der Waals surface area contributed by atoms with Crippen LogP contribution in [0.2, 0.25) is 0 Å². The Bertz CT molecular complexity index is 725. The van der Waals surface area contributed by atoms with Crippen molar-refractivity contribution in [3.63, 3.8) is 0 Å². The van der Waals surface area contributed by atoms with Gasteiger partial charge in [0.25, 0.3) is 0 Å². The summed E-state index contributed by atoms with van der Waals surface area (Å²) < 4.78 is 50.1. The van der Waals surface area contributed by atoms with Crippen molar-refractivity contribution in [3.05, 3.63) is 65.2 Å². The number of aromatic nitrogens is 1. The molecule has 26 heavy (non-hydrogen) atoms. The van der Waals surface area contributed by atoms with Crippen LogP contribution in [0, 0.1) is 5.82 Å². The van der Waals surface area contributed by atoms with Crippen molar-refractivity contribution in [1.29, 1.82) is 0 Å². The van der Waals surface area contributed by atoms with Crippen LogP contribution in [0.1, 0.15) is 42.3 Å². The monoisotopic (exact) mass is 371 g/mol. The largest absolute Gasteiger partial charge is 0.419 e. The maximum Gasteiger partial charge on any atom is 0.419 e. The predicted molar refractivity (Wildman–Crippen MR) is 90.7 cm³/mol. The van der Waals surface area contributed by atoms with Crippen LogP contribution < -0.4 is 11.1 Å². The number of carbonyl (C=O) groups is 1. The summed E-state index contributed by atoms with van der Waals surface area (Å²) in [6.07, 6.45) is -1.58. The molecule has 0 saturated heterocycles. The highest BCUT2D eigenvalue weighted by molar-refractivity contribution is 5.92. The van der Waals surface area contributed by atoms with Gasteiger partial charge >= 0.3 is 6.18 Å². The summed E-state index contributed by atoms with van der Waals surface area (Å²) in [4.78, 5) is 14.1. The lowest BCUT2D eigenvalue weighted by molar-refractivity contribution is -0.140. The zero-order valence-electron chi connectivity index (χ0n) is 14.7. The van der Waals surface area contributed by atoms with Gasteiger partial charge in [-0.3, -0.25) is 9.78 Å². The predicted octanol–water partition coefficient (Wildman–Crippen LogP) is 3.91. The van der Waals surface area contributed by atoms with Crippen molar-refractivity contribution in [2.75, 3.05) is 0 Å². The number of hydrogen-bond donors (Lipinski definition) is 2. The summed E-state index contributed by atoms with van der Waals surface area (Å²) in [6.45, 7) is 6.10. The van der Waals surface area contributed by atoms with Gasteiger partial charge < -0.3 is 11.1 Å². The van der Waals surface area contributed by atoms with E-state index in [4.69, 9.17) is 5.73 Å². The van der Waals surface area contributed by atoms with E-state index in [1.54, 1.807) is 12.1 Å². The minimum Gasteiger partial charge on any atom is -0.366 e. The van der Waals surface area contributed by atoms with E-state index in [1.807, 2.05) is 20.8 Å². The summed E-state index contributed by atoms with van der Waals surface area (Å²) >= 11 is 0. The Hall–Kier alpha value is -2.48. The fourth-order valence-corrected chi connectivity index (χ4v) is 1.78. The van der Waals surface area contributed by atoms with Gasteiger partial charge in [0.05, 0.1) is 5.56 Å². The third-order valence-electron chi connectivity index (χ3n) is 3.13. The normalized spacial score (nSPS) is 11.5.